The van der Waals surface area contributed by atoms with Crippen molar-refractivity contribution >= 4 is 18.5 Å². The molecule has 0 heterocycles. The second kappa shape index (κ2) is 9.87. The first kappa shape index (κ1) is 19.0. The summed E-state index contributed by atoms with van der Waals surface area (Å²) in [5, 5.41) is 6.30. The number of thiol groups is 1. The Labute approximate surface area is 139 Å². The number of benzene rings is 1. The molecule has 3 atom stereocenters. The predicted octanol–water partition coefficient (Wildman–Crippen LogP) is 1.87. The van der Waals surface area contributed by atoms with Crippen LogP contribution in [0.1, 0.15) is 31.4 Å². The first-order valence-electron chi connectivity index (χ1n) is 7.91. The van der Waals surface area contributed by atoms with E-state index in [4.69, 9.17) is 5.73 Å². The summed E-state index contributed by atoms with van der Waals surface area (Å²) in [5.41, 5.74) is 8.19. The van der Waals surface area contributed by atoms with Gasteiger partial charge in [-0.05, 0) is 18.4 Å². The van der Waals surface area contributed by atoms with Gasteiger partial charge in [-0.2, -0.15) is 12.6 Å². The summed E-state index contributed by atoms with van der Waals surface area (Å²) in [7, 11) is 0. The fourth-order valence-corrected chi connectivity index (χ4v) is 2.38. The summed E-state index contributed by atoms with van der Waals surface area (Å²) in [6.45, 7) is 7.36. The van der Waals surface area contributed by atoms with Gasteiger partial charge in [0.1, 0.15) is 0 Å². The Bertz CT molecular complexity index is 467. The fraction of sp³-hybridized carbons (Fsp3) is 0.588. The van der Waals surface area contributed by atoms with Gasteiger partial charge in [-0.1, -0.05) is 50.1 Å². The lowest BCUT2D eigenvalue weighted by Crippen LogP contribution is -2.51. The van der Waals surface area contributed by atoms with E-state index in [1.807, 2.05) is 25.1 Å². The van der Waals surface area contributed by atoms with E-state index in [1.54, 1.807) is 0 Å². The molecule has 1 aromatic rings. The molecule has 22 heavy (non-hydrogen) atoms. The Balaban J connectivity index is 2.59. The molecule has 0 fully saturated rings. The minimum Gasteiger partial charge on any atom is -0.351 e. The van der Waals surface area contributed by atoms with Crippen molar-refractivity contribution in [1.82, 2.24) is 10.6 Å². The first-order chi connectivity index (χ1) is 10.5. The zero-order valence-corrected chi connectivity index (χ0v) is 14.7. The molecule has 4 nitrogen and oxygen atoms in total. The third kappa shape index (κ3) is 6.38. The van der Waals surface area contributed by atoms with Gasteiger partial charge in [0.05, 0.1) is 6.04 Å². The highest BCUT2D eigenvalue weighted by Gasteiger charge is 2.23. The quantitative estimate of drug-likeness (QED) is 0.525. The number of rotatable bonds is 9. The van der Waals surface area contributed by atoms with E-state index in [1.165, 1.54) is 5.56 Å². The molecule has 1 unspecified atom stereocenters. The van der Waals surface area contributed by atoms with Crippen LogP contribution in [0.2, 0.25) is 0 Å². The number of carbonyl (C=O) groups is 1. The number of aryl methyl sites for hydroxylation is 1. The molecule has 0 aliphatic carbocycles. The maximum Gasteiger partial charge on any atom is 0.237 e. The highest BCUT2D eigenvalue weighted by molar-refractivity contribution is 7.80. The van der Waals surface area contributed by atoms with Crippen LogP contribution in [0.5, 0.6) is 0 Å². The summed E-state index contributed by atoms with van der Waals surface area (Å²) in [6.07, 6.45) is 0.936. The smallest absolute Gasteiger partial charge is 0.237 e. The molecule has 1 aromatic carbocycles. The molecule has 0 spiro atoms. The van der Waals surface area contributed by atoms with Crippen LogP contribution in [-0.4, -0.2) is 30.3 Å². The van der Waals surface area contributed by atoms with Gasteiger partial charge < -0.3 is 16.4 Å². The molecule has 0 aliphatic rings. The van der Waals surface area contributed by atoms with Gasteiger partial charge >= 0.3 is 0 Å². The lowest BCUT2D eigenvalue weighted by molar-refractivity contribution is -0.124. The van der Waals surface area contributed by atoms with E-state index in [-0.39, 0.29) is 23.9 Å². The Morgan fingerprint density at radius 1 is 1.41 bits per heavy atom. The lowest BCUT2D eigenvalue weighted by atomic mass is 9.98. The van der Waals surface area contributed by atoms with Gasteiger partial charge in [-0.25, -0.2) is 0 Å². The van der Waals surface area contributed by atoms with Gasteiger partial charge in [-0.3, -0.25) is 4.79 Å². The van der Waals surface area contributed by atoms with Gasteiger partial charge in [0.15, 0.2) is 0 Å². The fourth-order valence-electron chi connectivity index (χ4n) is 2.25. The van der Waals surface area contributed by atoms with Gasteiger partial charge in [-0.15, -0.1) is 0 Å². The lowest BCUT2D eigenvalue weighted by Gasteiger charge is -2.25. The van der Waals surface area contributed by atoms with Crippen LogP contribution in [0.3, 0.4) is 0 Å². The van der Waals surface area contributed by atoms with Crippen LogP contribution in [0, 0.1) is 12.8 Å². The number of hydrogen-bond donors (Lipinski definition) is 4. The summed E-state index contributed by atoms with van der Waals surface area (Å²) in [6, 6.07) is 7.90. The van der Waals surface area contributed by atoms with Crippen molar-refractivity contribution in [3.63, 3.8) is 0 Å². The second-order valence-electron chi connectivity index (χ2n) is 5.92. The largest absolute Gasteiger partial charge is 0.351 e. The minimum absolute atomic E-state index is 0.0298. The molecule has 0 saturated carbocycles. The Hall–Kier alpha value is -1.04. The minimum atomic E-state index is -0.222. The van der Waals surface area contributed by atoms with Gasteiger partial charge in [0, 0.05) is 24.9 Å². The highest BCUT2D eigenvalue weighted by Crippen LogP contribution is 2.09. The van der Waals surface area contributed by atoms with Crippen LogP contribution in [0.25, 0.3) is 0 Å². The Kier molecular flexibility index (Phi) is 8.53. The van der Waals surface area contributed by atoms with Crippen LogP contribution >= 0.6 is 12.6 Å². The Morgan fingerprint density at radius 3 is 2.73 bits per heavy atom. The van der Waals surface area contributed by atoms with E-state index in [2.05, 4.69) is 43.2 Å². The molecule has 0 bridgehead atoms. The average molecular weight is 324 g/mol. The second-order valence-corrected chi connectivity index (χ2v) is 6.29. The van der Waals surface area contributed by atoms with Crippen molar-refractivity contribution in [2.45, 2.75) is 45.8 Å². The van der Waals surface area contributed by atoms with Gasteiger partial charge in [0.25, 0.3) is 0 Å². The number of nitrogens with one attached hydrogen (secondary N) is 2. The van der Waals surface area contributed by atoms with E-state index >= 15 is 0 Å². The van der Waals surface area contributed by atoms with Crippen LogP contribution in [0.15, 0.2) is 24.3 Å². The van der Waals surface area contributed by atoms with Crippen molar-refractivity contribution in [3.05, 3.63) is 35.4 Å². The topological polar surface area (TPSA) is 67.1 Å². The standard InChI is InChI=1S/C17H29N3OS/c1-4-13(3)16(19-10-15(18)11-22)17(21)20-9-14-7-5-6-12(2)8-14/h5-8,13,15-16,19,22H,4,9-11,18H2,1-3H3,(H,20,21)/t13?,15-,16+/m1/s1. The van der Waals surface area contributed by atoms with Crippen molar-refractivity contribution in [3.8, 4) is 0 Å². The number of amides is 1. The van der Waals surface area contributed by atoms with Crippen LogP contribution in [0.4, 0.5) is 0 Å². The number of hydrogen-bond acceptors (Lipinski definition) is 4. The maximum atomic E-state index is 12.5. The van der Waals surface area contributed by atoms with Gasteiger partial charge in [0.2, 0.25) is 5.91 Å². The third-order valence-electron chi connectivity index (χ3n) is 3.88. The van der Waals surface area contributed by atoms with Crippen molar-refractivity contribution in [2.75, 3.05) is 12.3 Å². The SMILES string of the molecule is CCC(C)[C@H](NC[C@@H](N)CS)C(=O)NCc1cccc(C)c1. The van der Waals surface area contributed by atoms with E-state index in [9.17, 15) is 4.79 Å². The molecule has 1 rings (SSSR count). The van der Waals surface area contributed by atoms with E-state index < -0.39 is 0 Å². The van der Waals surface area contributed by atoms with E-state index in [0.717, 1.165) is 12.0 Å². The van der Waals surface area contributed by atoms with Crippen molar-refractivity contribution in [2.24, 2.45) is 11.7 Å². The van der Waals surface area contributed by atoms with E-state index in [0.29, 0.717) is 18.8 Å². The molecule has 0 aromatic heterocycles. The maximum absolute atomic E-state index is 12.5. The van der Waals surface area contributed by atoms with Crippen LogP contribution < -0.4 is 16.4 Å². The zero-order valence-electron chi connectivity index (χ0n) is 13.8. The average Bonchev–Trinajstić information content (AvgIpc) is 2.52. The molecular formula is C17H29N3OS. The van der Waals surface area contributed by atoms with Crippen molar-refractivity contribution < 1.29 is 4.79 Å². The Morgan fingerprint density at radius 2 is 2.14 bits per heavy atom. The van der Waals surface area contributed by atoms with Crippen molar-refractivity contribution in [1.29, 1.82) is 0 Å². The molecular weight excluding hydrogens is 294 g/mol. The molecule has 0 radical (unpaired) electrons. The monoisotopic (exact) mass is 323 g/mol. The summed E-state index contributed by atoms with van der Waals surface area (Å²) in [4.78, 5) is 12.5. The molecule has 0 aliphatic heterocycles. The summed E-state index contributed by atoms with van der Waals surface area (Å²) >= 11 is 4.18. The molecule has 5 heteroatoms. The van der Waals surface area contributed by atoms with Crippen LogP contribution in [-0.2, 0) is 11.3 Å². The third-order valence-corrected chi connectivity index (χ3v) is 4.35. The zero-order chi connectivity index (χ0) is 16.5. The normalized spacial score (nSPS) is 15.1. The molecule has 4 N–H and O–H groups in total. The molecule has 0 saturated heterocycles. The summed E-state index contributed by atoms with van der Waals surface area (Å²) in [5.74, 6) is 0.886. The first-order valence-corrected chi connectivity index (χ1v) is 8.54. The molecule has 1 amide bonds. The molecule has 124 valence electrons. The highest BCUT2D eigenvalue weighted by atomic mass is 32.1. The number of nitrogens with two attached hydrogens (primary N) is 1. The number of carbonyl (C=O) groups excluding carboxylic acids is 1. The summed E-state index contributed by atoms with van der Waals surface area (Å²) < 4.78 is 0. The predicted molar refractivity (Wildman–Crippen MR) is 96.1 cm³/mol.